The van der Waals surface area contributed by atoms with E-state index in [-0.39, 0.29) is 5.69 Å². The van der Waals surface area contributed by atoms with Gasteiger partial charge in [-0.2, -0.15) is 20.7 Å². The van der Waals surface area contributed by atoms with Gasteiger partial charge in [-0.1, -0.05) is 56.7 Å². The standard InChI is InChI=1S/C14H10N4.C7H5NO3.C6H15N.C4H4N4/c1-10-3-2-4-11(7-10)13-5-6-16-14-12(8-15)9-17-18(13)14;9-5-6-2-1-3-7(4-6)8(10)11;1-4-7(5-2)6-3;5-1-3-2-7-8-4(3)6/h2-7,9H,1H3;1-5H;4-6H2,1-3H3;2H,(H3,6,7,8). The summed E-state index contributed by atoms with van der Waals surface area (Å²) in [7, 11) is 0. The SMILES string of the molecule is CCN(CC)CC.Cc1cccc(-c2ccnc3c(C#N)cnn23)c1.N#Cc1cn[nH]c1N.O=Cc1cccc([N+](=O)[O-])c1. The van der Waals surface area contributed by atoms with Crippen LogP contribution in [0.1, 0.15) is 47.8 Å². The van der Waals surface area contributed by atoms with Crippen molar-refractivity contribution in [1.29, 1.82) is 10.5 Å². The molecule has 0 saturated carbocycles. The van der Waals surface area contributed by atoms with Gasteiger partial charge >= 0.3 is 0 Å². The molecule has 3 aromatic heterocycles. The molecule has 0 bridgehead atoms. The maximum atomic E-state index is 10.2. The molecule has 226 valence electrons. The Morgan fingerprint density at radius 2 is 1.70 bits per heavy atom. The van der Waals surface area contributed by atoms with E-state index in [1.165, 1.54) is 55.7 Å². The first-order chi connectivity index (χ1) is 21.2. The number of hydrogen-bond donors (Lipinski definition) is 2. The Morgan fingerprint density at radius 3 is 2.20 bits per heavy atom. The van der Waals surface area contributed by atoms with Crippen LogP contribution in [-0.2, 0) is 0 Å². The number of nitro groups is 1. The minimum absolute atomic E-state index is 0.0606. The van der Waals surface area contributed by atoms with Crippen LogP contribution in [0.15, 0.2) is 73.2 Å². The highest BCUT2D eigenvalue weighted by molar-refractivity contribution is 5.75. The molecule has 2 aromatic carbocycles. The van der Waals surface area contributed by atoms with Crippen LogP contribution in [-0.4, -0.2) is 60.5 Å². The highest BCUT2D eigenvalue weighted by Gasteiger charge is 2.09. The number of nitrogens with two attached hydrogens (primary N) is 1. The number of H-pyrrole nitrogens is 1. The van der Waals surface area contributed by atoms with E-state index in [1.54, 1.807) is 16.9 Å². The molecule has 0 amide bonds. The average molecular weight is 595 g/mol. The van der Waals surface area contributed by atoms with Gasteiger partial charge in [0, 0.05) is 29.5 Å². The van der Waals surface area contributed by atoms with E-state index in [0.717, 1.165) is 11.3 Å². The van der Waals surface area contributed by atoms with Crippen molar-refractivity contribution in [3.63, 3.8) is 0 Å². The molecular weight excluding hydrogens is 560 g/mol. The summed E-state index contributed by atoms with van der Waals surface area (Å²) >= 11 is 0. The van der Waals surface area contributed by atoms with E-state index < -0.39 is 4.92 Å². The molecule has 0 radical (unpaired) electrons. The zero-order valence-corrected chi connectivity index (χ0v) is 25.0. The molecule has 0 fully saturated rings. The number of nitrogen functional groups attached to an aromatic ring is 1. The van der Waals surface area contributed by atoms with Crippen LogP contribution >= 0.6 is 0 Å². The summed E-state index contributed by atoms with van der Waals surface area (Å²) in [5, 5.41) is 37.5. The van der Waals surface area contributed by atoms with Crippen LogP contribution in [0.4, 0.5) is 11.5 Å². The largest absolute Gasteiger partial charge is 0.383 e. The van der Waals surface area contributed by atoms with Gasteiger partial charge in [0.05, 0.1) is 23.0 Å². The maximum Gasteiger partial charge on any atom is 0.270 e. The molecule has 0 atom stereocenters. The summed E-state index contributed by atoms with van der Waals surface area (Å²) in [5.74, 6) is 0.326. The molecule has 5 rings (SSSR count). The Bertz CT molecular complexity index is 1740. The van der Waals surface area contributed by atoms with Gasteiger partial charge in [0.25, 0.3) is 5.69 Å². The number of aryl methyl sites for hydroxylation is 1. The van der Waals surface area contributed by atoms with Crippen LogP contribution in [0.25, 0.3) is 16.9 Å². The minimum atomic E-state index is -0.535. The van der Waals surface area contributed by atoms with E-state index in [9.17, 15) is 14.9 Å². The molecule has 0 aliphatic carbocycles. The number of nitrogens with zero attached hydrogens (tertiary/aromatic N) is 8. The van der Waals surface area contributed by atoms with Gasteiger partial charge in [-0.25, -0.2) is 9.50 Å². The predicted octanol–water partition coefficient (Wildman–Crippen LogP) is 5.20. The van der Waals surface area contributed by atoms with Crippen molar-refractivity contribution in [3.05, 3.63) is 106 Å². The minimum Gasteiger partial charge on any atom is -0.383 e. The molecule has 0 aliphatic heterocycles. The average Bonchev–Trinajstić information content (AvgIpc) is 3.68. The lowest BCUT2D eigenvalue weighted by Crippen LogP contribution is -2.21. The molecule has 0 aliphatic rings. The number of hydrogen-bond acceptors (Lipinski definition) is 10. The van der Waals surface area contributed by atoms with Crippen molar-refractivity contribution in [3.8, 4) is 23.4 Å². The molecule has 0 unspecified atom stereocenters. The highest BCUT2D eigenvalue weighted by Crippen LogP contribution is 2.21. The van der Waals surface area contributed by atoms with E-state index >= 15 is 0 Å². The molecule has 3 N–H and O–H groups in total. The normalized spacial score (nSPS) is 9.70. The van der Waals surface area contributed by atoms with Gasteiger partial charge < -0.3 is 10.6 Å². The summed E-state index contributed by atoms with van der Waals surface area (Å²) in [6.45, 7) is 12.2. The number of nitrogens with one attached hydrogen (secondary N) is 1. The number of benzene rings is 2. The smallest absolute Gasteiger partial charge is 0.270 e. The number of aromatic amines is 1. The first-order valence-electron chi connectivity index (χ1n) is 13.6. The zero-order valence-electron chi connectivity index (χ0n) is 25.0. The highest BCUT2D eigenvalue weighted by atomic mass is 16.6. The number of aromatic nitrogens is 5. The number of aldehydes is 1. The van der Waals surface area contributed by atoms with Crippen molar-refractivity contribution in [2.24, 2.45) is 0 Å². The molecule has 13 heteroatoms. The molecule has 0 spiro atoms. The van der Waals surface area contributed by atoms with E-state index in [1.807, 2.05) is 37.3 Å². The second-order valence-electron chi connectivity index (χ2n) is 9.00. The van der Waals surface area contributed by atoms with E-state index in [0.29, 0.717) is 34.4 Å². The van der Waals surface area contributed by atoms with Gasteiger partial charge in [-0.15, -0.1) is 0 Å². The molecule has 13 nitrogen and oxygen atoms in total. The number of fused-ring (bicyclic) bond motifs is 1. The van der Waals surface area contributed by atoms with Crippen LogP contribution < -0.4 is 5.73 Å². The number of anilines is 1. The molecule has 0 saturated heterocycles. The topological polar surface area (TPSA) is 196 Å². The predicted molar refractivity (Wildman–Crippen MR) is 168 cm³/mol. The monoisotopic (exact) mass is 594 g/mol. The van der Waals surface area contributed by atoms with Crippen LogP contribution in [0.2, 0.25) is 0 Å². The summed E-state index contributed by atoms with van der Waals surface area (Å²) < 4.78 is 1.70. The fraction of sp³-hybridized carbons (Fsp3) is 0.226. The number of rotatable bonds is 6. The lowest BCUT2D eigenvalue weighted by atomic mass is 10.1. The second-order valence-corrected chi connectivity index (χ2v) is 9.00. The second kappa shape index (κ2) is 17.8. The third-order valence-electron chi connectivity index (χ3n) is 6.18. The van der Waals surface area contributed by atoms with Gasteiger partial charge in [-0.05, 0) is 38.7 Å². The number of nitro benzene ring substituents is 1. The van der Waals surface area contributed by atoms with Gasteiger partial charge in [-0.3, -0.25) is 20.0 Å². The summed E-state index contributed by atoms with van der Waals surface area (Å²) in [5.41, 5.74) is 10.1. The lowest BCUT2D eigenvalue weighted by Gasteiger charge is -2.13. The van der Waals surface area contributed by atoms with Crippen molar-refractivity contribution < 1.29 is 9.72 Å². The van der Waals surface area contributed by atoms with Crippen molar-refractivity contribution in [2.75, 3.05) is 25.4 Å². The quantitative estimate of drug-likeness (QED) is 0.150. The number of nitriles is 2. The Labute approximate surface area is 255 Å². The van der Waals surface area contributed by atoms with Crippen molar-refractivity contribution >= 4 is 23.4 Å². The first kappa shape index (κ1) is 34.3. The van der Waals surface area contributed by atoms with Crippen LogP contribution in [0.5, 0.6) is 0 Å². The van der Waals surface area contributed by atoms with Crippen molar-refractivity contribution in [1.82, 2.24) is 29.7 Å². The van der Waals surface area contributed by atoms with E-state index in [4.69, 9.17) is 16.3 Å². The molecule has 44 heavy (non-hydrogen) atoms. The molecular formula is C31H34N10O3. The van der Waals surface area contributed by atoms with Crippen LogP contribution in [0.3, 0.4) is 0 Å². The Kier molecular flexibility index (Phi) is 13.9. The number of non-ortho nitro benzene ring substituents is 1. The Hall–Kier alpha value is -5.92. The van der Waals surface area contributed by atoms with Crippen molar-refractivity contribution in [2.45, 2.75) is 27.7 Å². The first-order valence-corrected chi connectivity index (χ1v) is 13.6. The van der Waals surface area contributed by atoms with E-state index in [2.05, 4.69) is 58.1 Å². The van der Waals surface area contributed by atoms with Crippen LogP contribution in [0, 0.1) is 39.7 Å². The Balaban J connectivity index is 0.000000223. The number of carbonyl (C=O) groups excluding carboxylic acids is 1. The summed E-state index contributed by atoms with van der Waals surface area (Å²) in [4.78, 5) is 26.4. The fourth-order valence-electron chi connectivity index (χ4n) is 3.76. The summed E-state index contributed by atoms with van der Waals surface area (Å²) in [6.07, 6.45) is 5.21. The fourth-order valence-corrected chi connectivity index (χ4v) is 3.76. The molecule has 5 aromatic rings. The zero-order chi connectivity index (χ0) is 32.5. The third kappa shape index (κ3) is 9.87. The number of carbonyl (C=O) groups is 1. The Morgan fingerprint density at radius 1 is 1.02 bits per heavy atom. The third-order valence-corrected chi connectivity index (χ3v) is 6.18. The van der Waals surface area contributed by atoms with Gasteiger partial charge in [0.1, 0.15) is 35.4 Å². The molecule has 3 heterocycles. The maximum absolute atomic E-state index is 10.2. The lowest BCUT2D eigenvalue weighted by molar-refractivity contribution is -0.384. The van der Waals surface area contributed by atoms with Gasteiger partial charge in [0.15, 0.2) is 5.65 Å². The van der Waals surface area contributed by atoms with Gasteiger partial charge in [0.2, 0.25) is 0 Å². The summed E-state index contributed by atoms with van der Waals surface area (Å²) in [6, 6.07) is 19.6.